The second-order valence-corrected chi connectivity index (χ2v) is 7.07. The number of hydrogen-bond acceptors (Lipinski definition) is 4. The van der Waals surface area contributed by atoms with E-state index in [2.05, 4.69) is 4.72 Å². The van der Waals surface area contributed by atoms with E-state index in [-0.39, 0.29) is 16.9 Å². The van der Waals surface area contributed by atoms with Crippen LogP contribution in [0.2, 0.25) is 0 Å². The van der Waals surface area contributed by atoms with Gasteiger partial charge in [-0.3, -0.25) is 10.1 Å². The Morgan fingerprint density at radius 1 is 1.33 bits per heavy atom. The first-order chi connectivity index (χ1) is 9.81. The number of rotatable bonds is 4. The zero-order valence-corrected chi connectivity index (χ0v) is 12.4. The van der Waals surface area contributed by atoms with Crippen LogP contribution < -0.4 is 4.72 Å². The van der Waals surface area contributed by atoms with Crippen molar-refractivity contribution in [1.82, 2.24) is 4.72 Å². The molecule has 0 aromatic heterocycles. The van der Waals surface area contributed by atoms with Gasteiger partial charge in [-0.25, -0.2) is 13.1 Å². The number of halogens is 1. The summed E-state index contributed by atoms with van der Waals surface area (Å²) in [7, 11) is -3.87. The molecule has 116 valence electrons. The molecule has 0 amide bonds. The number of hydrogen-bond donors (Lipinski definition) is 1. The Labute approximate surface area is 122 Å². The summed E-state index contributed by atoms with van der Waals surface area (Å²) in [5, 5.41) is 10.5. The average Bonchev–Trinajstić information content (AvgIpc) is 2.40. The average molecular weight is 316 g/mol. The molecule has 1 N–H and O–H groups in total. The highest BCUT2D eigenvalue weighted by atomic mass is 32.2. The predicted octanol–water partition coefficient (Wildman–Crippen LogP) is 2.59. The summed E-state index contributed by atoms with van der Waals surface area (Å²) in [6.45, 7) is 1.97. The van der Waals surface area contributed by atoms with E-state index in [1.807, 2.05) is 6.92 Å². The lowest BCUT2D eigenvalue weighted by atomic mass is 9.87. The van der Waals surface area contributed by atoms with Crippen molar-refractivity contribution in [2.24, 2.45) is 5.92 Å². The Balaban J connectivity index is 2.23. The van der Waals surface area contributed by atoms with Gasteiger partial charge in [0.1, 0.15) is 0 Å². The smallest absolute Gasteiger partial charge is 0.258 e. The zero-order valence-electron chi connectivity index (χ0n) is 11.6. The van der Waals surface area contributed by atoms with Crippen LogP contribution in [0.5, 0.6) is 0 Å². The molecule has 1 fully saturated rings. The molecule has 21 heavy (non-hydrogen) atoms. The lowest BCUT2D eigenvalue weighted by Gasteiger charge is -2.29. The van der Waals surface area contributed by atoms with E-state index < -0.39 is 26.5 Å². The lowest BCUT2D eigenvalue weighted by molar-refractivity contribution is -0.387. The third kappa shape index (κ3) is 3.56. The minimum atomic E-state index is -3.87. The second-order valence-electron chi connectivity index (χ2n) is 5.36. The van der Waals surface area contributed by atoms with Crippen LogP contribution in [-0.4, -0.2) is 19.4 Å². The van der Waals surface area contributed by atoms with E-state index in [0.29, 0.717) is 6.07 Å². The number of nitro benzene ring substituents is 1. The van der Waals surface area contributed by atoms with Crippen LogP contribution in [0.15, 0.2) is 23.1 Å². The first-order valence-electron chi connectivity index (χ1n) is 6.77. The van der Waals surface area contributed by atoms with Gasteiger partial charge in [-0.15, -0.1) is 0 Å². The lowest BCUT2D eigenvalue weighted by Crippen LogP contribution is -2.41. The second kappa shape index (κ2) is 6.07. The van der Waals surface area contributed by atoms with Crippen molar-refractivity contribution in [3.05, 3.63) is 34.1 Å². The Morgan fingerprint density at radius 3 is 2.57 bits per heavy atom. The molecule has 0 saturated heterocycles. The maximum Gasteiger partial charge on any atom is 0.304 e. The van der Waals surface area contributed by atoms with Crippen molar-refractivity contribution < 1.29 is 17.7 Å². The fourth-order valence-corrected chi connectivity index (χ4v) is 3.95. The number of nitrogens with one attached hydrogen (secondary N) is 1. The SMILES string of the molecule is CC1CCCCC1NS(=O)(=O)c1ccc([N+](=O)[O-])c(F)c1. The molecule has 2 unspecified atom stereocenters. The monoisotopic (exact) mass is 316 g/mol. The summed E-state index contributed by atoms with van der Waals surface area (Å²) in [6.07, 6.45) is 3.72. The summed E-state index contributed by atoms with van der Waals surface area (Å²) in [5.74, 6) is -0.934. The highest BCUT2D eigenvalue weighted by molar-refractivity contribution is 7.89. The summed E-state index contributed by atoms with van der Waals surface area (Å²) < 4.78 is 40.6. The molecule has 8 heteroatoms. The topological polar surface area (TPSA) is 89.3 Å². The fraction of sp³-hybridized carbons (Fsp3) is 0.538. The van der Waals surface area contributed by atoms with Crippen molar-refractivity contribution in [1.29, 1.82) is 0 Å². The Bertz CT molecular complexity index is 648. The first kappa shape index (κ1) is 15.8. The van der Waals surface area contributed by atoms with Crippen LogP contribution in [0, 0.1) is 21.8 Å². The fourth-order valence-electron chi connectivity index (χ4n) is 2.56. The quantitative estimate of drug-likeness (QED) is 0.683. The van der Waals surface area contributed by atoms with Gasteiger partial charge in [0, 0.05) is 18.2 Å². The molecule has 0 bridgehead atoms. The number of nitro groups is 1. The van der Waals surface area contributed by atoms with E-state index in [4.69, 9.17) is 0 Å². The largest absolute Gasteiger partial charge is 0.304 e. The minimum absolute atomic E-state index is 0.179. The molecule has 6 nitrogen and oxygen atoms in total. The molecule has 1 aromatic carbocycles. The standard InChI is InChI=1S/C13H17FN2O4S/c1-9-4-2-3-5-12(9)15-21(19,20)10-6-7-13(16(17)18)11(14)8-10/h6-9,12,15H,2-5H2,1H3. The normalized spacial score (nSPS) is 23.0. The molecule has 1 aliphatic rings. The van der Waals surface area contributed by atoms with Crippen molar-refractivity contribution >= 4 is 15.7 Å². The van der Waals surface area contributed by atoms with Crippen LogP contribution in [-0.2, 0) is 10.0 Å². The third-order valence-electron chi connectivity index (χ3n) is 3.84. The Morgan fingerprint density at radius 2 is 2.00 bits per heavy atom. The van der Waals surface area contributed by atoms with E-state index in [9.17, 15) is 22.9 Å². The van der Waals surface area contributed by atoms with Crippen molar-refractivity contribution in [3.8, 4) is 0 Å². The first-order valence-corrected chi connectivity index (χ1v) is 8.26. The van der Waals surface area contributed by atoms with E-state index in [1.54, 1.807) is 0 Å². The summed E-state index contributed by atoms with van der Waals surface area (Å²) >= 11 is 0. The van der Waals surface area contributed by atoms with Gasteiger partial charge in [-0.1, -0.05) is 19.8 Å². The zero-order chi connectivity index (χ0) is 15.6. The van der Waals surface area contributed by atoms with E-state index >= 15 is 0 Å². The summed E-state index contributed by atoms with van der Waals surface area (Å²) in [6, 6.07) is 2.43. The minimum Gasteiger partial charge on any atom is -0.258 e. The van der Waals surface area contributed by atoms with Gasteiger partial charge in [0.15, 0.2) is 0 Å². The molecule has 1 saturated carbocycles. The van der Waals surface area contributed by atoms with Crippen LogP contribution in [0.1, 0.15) is 32.6 Å². The van der Waals surface area contributed by atoms with Crippen molar-refractivity contribution in [3.63, 3.8) is 0 Å². The van der Waals surface area contributed by atoms with Gasteiger partial charge >= 0.3 is 5.69 Å². The van der Waals surface area contributed by atoms with Gasteiger partial charge in [-0.2, -0.15) is 4.39 Å². The molecule has 1 aliphatic carbocycles. The summed E-state index contributed by atoms with van der Waals surface area (Å²) in [4.78, 5) is 9.37. The van der Waals surface area contributed by atoms with Crippen LogP contribution in [0.4, 0.5) is 10.1 Å². The molecular weight excluding hydrogens is 299 g/mol. The van der Waals surface area contributed by atoms with Crippen molar-refractivity contribution in [2.75, 3.05) is 0 Å². The predicted molar refractivity (Wildman–Crippen MR) is 74.8 cm³/mol. The highest BCUT2D eigenvalue weighted by Gasteiger charge is 2.28. The van der Waals surface area contributed by atoms with Crippen LogP contribution in [0.3, 0.4) is 0 Å². The van der Waals surface area contributed by atoms with Gasteiger partial charge in [0.2, 0.25) is 15.8 Å². The number of nitrogens with zero attached hydrogens (tertiary/aromatic N) is 1. The molecule has 0 aliphatic heterocycles. The molecule has 2 atom stereocenters. The third-order valence-corrected chi connectivity index (χ3v) is 5.33. The Kier molecular flexibility index (Phi) is 4.58. The van der Waals surface area contributed by atoms with Gasteiger partial charge in [-0.05, 0) is 24.8 Å². The molecule has 0 radical (unpaired) electrons. The van der Waals surface area contributed by atoms with Crippen LogP contribution >= 0.6 is 0 Å². The van der Waals surface area contributed by atoms with Gasteiger partial charge in [0.25, 0.3) is 0 Å². The maximum atomic E-state index is 13.6. The highest BCUT2D eigenvalue weighted by Crippen LogP contribution is 2.26. The molecule has 0 heterocycles. The Hall–Kier alpha value is -1.54. The maximum absolute atomic E-state index is 13.6. The van der Waals surface area contributed by atoms with Gasteiger partial charge < -0.3 is 0 Å². The number of benzene rings is 1. The van der Waals surface area contributed by atoms with Gasteiger partial charge in [0.05, 0.1) is 9.82 Å². The molecule has 2 rings (SSSR count). The molecular formula is C13H17FN2O4S. The summed E-state index contributed by atoms with van der Waals surface area (Å²) in [5.41, 5.74) is -0.736. The number of sulfonamides is 1. The van der Waals surface area contributed by atoms with E-state index in [1.165, 1.54) is 0 Å². The molecule has 0 spiro atoms. The van der Waals surface area contributed by atoms with Crippen LogP contribution in [0.25, 0.3) is 0 Å². The van der Waals surface area contributed by atoms with E-state index in [0.717, 1.165) is 37.8 Å². The molecule has 1 aromatic rings. The van der Waals surface area contributed by atoms with Crippen molar-refractivity contribution in [2.45, 2.75) is 43.5 Å².